The number of allylic oxidation sites excluding steroid dienone is 4. The van der Waals surface area contributed by atoms with Crippen molar-refractivity contribution >= 4 is 96.9 Å². The van der Waals surface area contributed by atoms with Gasteiger partial charge in [-0.1, -0.05) is 151 Å². The molecule has 6 N–H and O–H groups in total. The number of halogens is 5. The number of hydrogen-bond acceptors (Lipinski definition) is 16. The molecule has 6 aromatic heterocycles. The minimum atomic E-state index is -0.456. The summed E-state index contributed by atoms with van der Waals surface area (Å²) in [6.07, 6.45) is 31.0. The van der Waals surface area contributed by atoms with Gasteiger partial charge in [-0.3, -0.25) is 9.59 Å². The van der Waals surface area contributed by atoms with E-state index in [0.717, 1.165) is 149 Å². The minimum absolute atomic E-state index is 0.0617. The van der Waals surface area contributed by atoms with Gasteiger partial charge in [0.25, 0.3) is 0 Å². The fourth-order valence-corrected chi connectivity index (χ4v) is 15.3. The van der Waals surface area contributed by atoms with E-state index in [9.17, 15) is 18.4 Å². The van der Waals surface area contributed by atoms with E-state index in [4.69, 9.17) is 64.0 Å². The average molecular weight is 1610 g/mol. The van der Waals surface area contributed by atoms with Crippen LogP contribution in [0.25, 0.3) is 66.5 Å². The molecule has 6 atom stereocenters. The van der Waals surface area contributed by atoms with Crippen LogP contribution in [0.4, 0.5) is 26.6 Å². The number of H-pyrrole nitrogens is 3. The molecule has 6 heterocycles. The van der Waals surface area contributed by atoms with Crippen molar-refractivity contribution in [2.75, 3.05) is 57.2 Å². The highest BCUT2D eigenvalue weighted by atomic mass is 35.5. The molecule has 3 fully saturated rings. The smallest absolute Gasteiger partial charge is 0.223 e. The van der Waals surface area contributed by atoms with Crippen molar-refractivity contribution in [2.24, 2.45) is 0 Å². The van der Waals surface area contributed by atoms with Gasteiger partial charge in [-0.25, -0.2) is 38.7 Å². The quantitative estimate of drug-likeness (QED) is 0.0198. The van der Waals surface area contributed by atoms with Crippen molar-refractivity contribution in [3.8, 4) is 51.0 Å². The van der Waals surface area contributed by atoms with Crippen LogP contribution in [0, 0.1) is 11.6 Å². The molecule has 6 aromatic carbocycles. The Balaban J connectivity index is 0.000000150. The standard InChI is InChI=1S/C31H33ClFN5O2.C31H34ClN5O2.C29H28ClFN4O/c1-38(2)14-6-8-22(39)15-20-12-13-29(27(33)16-20)40-23-9-5-7-21(17-23)36-31-35-19-26(32)30(37-31)25-18-34-28-11-4-3-10-24(25)28;1-37(2)16-6-8-23(38)17-21-12-14-24(15-13-21)39-25-9-5-7-22(18-25)35-31-34-20-28(32)30(36-31)27-19-33-29-11-4-3-10-26(27)29;1-3-18(2)13-19-11-12-27(25(31)14-19)36-21-8-6-7-20(15-21)34-29-33-17-24(30)28(35-29)23-16-32-26-10-5-4-9-22(23)26/h3-4,6,8,10-13,16,18-19,21,23,34H,5,7,9,14-15,17H2,1-2H3,(H,35,36,37);3-4,6,8,10-15,19-20,22,25,33H,5,7,9,16-18H2,1-2H3,(H,34,35,36);3-5,9-12,14,16-17,20-21,32H,1-2,6-8,13,15H2,(H,33,34,35)/b2*8-6+;/t21-,23-;22-,25+;20-,21-/m111/s1. The molecule has 3 aliphatic rings. The van der Waals surface area contributed by atoms with E-state index in [1.807, 2.05) is 166 Å². The maximum atomic E-state index is 14.9. The minimum Gasteiger partial charge on any atom is -0.490 e. The molecule has 0 amide bonds. The zero-order chi connectivity index (χ0) is 80.3. The molecule has 3 saturated carbocycles. The van der Waals surface area contributed by atoms with Crippen LogP contribution in [-0.4, -0.2) is 144 Å². The predicted molar refractivity (Wildman–Crippen MR) is 459 cm³/mol. The Bertz CT molecular complexity index is 5430. The second kappa shape index (κ2) is 39.3. The second-order valence-corrected chi connectivity index (χ2v) is 31.2. The lowest BCUT2D eigenvalue weighted by atomic mass is 9.93. The molecule has 12 aromatic rings. The molecule has 594 valence electrons. The monoisotopic (exact) mass is 1610 g/mol. The third kappa shape index (κ3) is 22.5. The maximum absolute atomic E-state index is 14.9. The van der Waals surface area contributed by atoms with Crippen molar-refractivity contribution in [1.29, 1.82) is 0 Å². The number of rotatable bonds is 28. The van der Waals surface area contributed by atoms with Crippen molar-refractivity contribution in [1.82, 2.24) is 54.7 Å². The van der Waals surface area contributed by atoms with Crippen LogP contribution in [-0.2, 0) is 28.9 Å². The largest absolute Gasteiger partial charge is 0.490 e. The van der Waals surface area contributed by atoms with E-state index in [1.54, 1.807) is 55.0 Å². The molecular weight excluding hydrogens is 1510 g/mol. The van der Waals surface area contributed by atoms with Crippen LogP contribution in [0.15, 0.2) is 220 Å². The van der Waals surface area contributed by atoms with Gasteiger partial charge in [-0.2, -0.15) is 0 Å². The summed E-state index contributed by atoms with van der Waals surface area (Å²) in [6.45, 7) is 9.04. The third-order valence-electron chi connectivity index (χ3n) is 20.5. The Hall–Kier alpha value is -11.1. The molecule has 0 unspecified atom stereocenters. The van der Waals surface area contributed by atoms with Crippen LogP contribution in [0.3, 0.4) is 0 Å². The Morgan fingerprint density at radius 1 is 0.487 bits per heavy atom. The number of nitrogens with one attached hydrogen (secondary N) is 6. The summed E-state index contributed by atoms with van der Waals surface area (Å²) < 4.78 is 48.0. The van der Waals surface area contributed by atoms with E-state index >= 15 is 0 Å². The fourth-order valence-electron chi connectivity index (χ4n) is 14.8. The number of aromatic amines is 3. The van der Waals surface area contributed by atoms with E-state index in [0.29, 0.717) is 81.4 Å². The predicted octanol–water partition coefficient (Wildman–Crippen LogP) is 20.3. The van der Waals surface area contributed by atoms with Crippen LogP contribution in [0.2, 0.25) is 15.1 Å². The van der Waals surface area contributed by atoms with Crippen molar-refractivity contribution in [2.45, 2.75) is 133 Å². The number of carbonyl (C=O) groups is 2. The van der Waals surface area contributed by atoms with Gasteiger partial charge in [-0.15, -0.1) is 0 Å². The van der Waals surface area contributed by atoms with E-state index in [-0.39, 0.29) is 71.7 Å². The molecule has 3 aliphatic carbocycles. The number of anilines is 3. The molecule has 15 rings (SSSR count). The average Bonchev–Trinajstić information content (AvgIpc) is 1.66. The first-order valence-electron chi connectivity index (χ1n) is 39.0. The first-order chi connectivity index (χ1) is 55.8. The number of benzene rings is 6. The van der Waals surface area contributed by atoms with Gasteiger partial charge in [0.15, 0.2) is 34.7 Å². The second-order valence-electron chi connectivity index (χ2n) is 30.0. The van der Waals surface area contributed by atoms with Gasteiger partial charge in [0.2, 0.25) is 17.8 Å². The lowest BCUT2D eigenvalue weighted by Crippen LogP contribution is -2.33. The van der Waals surface area contributed by atoms with Gasteiger partial charge in [0, 0.05) is 131 Å². The number of likely N-dealkylation sites (N-methyl/N-ethyl adjacent to an activating group) is 2. The lowest BCUT2D eigenvalue weighted by molar-refractivity contribution is -0.114. The molecule has 0 aliphatic heterocycles. The Morgan fingerprint density at radius 2 is 0.843 bits per heavy atom. The molecule has 19 nitrogen and oxygen atoms in total. The lowest BCUT2D eigenvalue weighted by Gasteiger charge is -2.30. The highest BCUT2D eigenvalue weighted by molar-refractivity contribution is 6.34. The van der Waals surface area contributed by atoms with Gasteiger partial charge in [0.1, 0.15) is 24.1 Å². The molecule has 0 saturated heterocycles. The molecule has 115 heavy (non-hydrogen) atoms. The molecule has 0 radical (unpaired) electrons. The molecule has 24 heteroatoms. The number of fused-ring (bicyclic) bond motifs is 3. The Kier molecular flexibility index (Phi) is 28.0. The number of carbonyl (C=O) groups excluding carboxylic acids is 2. The maximum Gasteiger partial charge on any atom is 0.223 e. The highest BCUT2D eigenvalue weighted by Crippen LogP contribution is 2.38. The zero-order valence-corrected chi connectivity index (χ0v) is 67.2. The summed E-state index contributed by atoms with van der Waals surface area (Å²) in [7, 11) is 7.82. The first kappa shape index (κ1) is 81.9. The first-order valence-corrected chi connectivity index (χ1v) is 40.1. The van der Waals surface area contributed by atoms with Gasteiger partial charge in [-0.05, 0) is 176 Å². The molecule has 0 spiro atoms. The number of hydrogen-bond donors (Lipinski definition) is 6. The van der Waals surface area contributed by atoms with E-state index < -0.39 is 5.82 Å². The summed E-state index contributed by atoms with van der Waals surface area (Å²) in [4.78, 5) is 65.7. The van der Waals surface area contributed by atoms with Crippen molar-refractivity contribution in [3.63, 3.8) is 0 Å². The van der Waals surface area contributed by atoms with Crippen molar-refractivity contribution in [3.05, 3.63) is 263 Å². The topological polar surface area (TPSA) is 229 Å². The molecule has 0 bridgehead atoms. The summed E-state index contributed by atoms with van der Waals surface area (Å²) in [5.41, 5.74) is 11.2. The number of nitrogens with zero attached hydrogens (tertiary/aromatic N) is 8. The van der Waals surface area contributed by atoms with E-state index in [1.165, 1.54) is 12.1 Å². The Labute approximate surface area is 684 Å². The van der Waals surface area contributed by atoms with Crippen molar-refractivity contribution < 1.29 is 32.6 Å². The number of aromatic nitrogens is 9. The number of ketones is 2. The van der Waals surface area contributed by atoms with Gasteiger partial charge < -0.3 is 54.9 Å². The Morgan fingerprint density at radius 3 is 1.22 bits per heavy atom. The summed E-state index contributed by atoms with van der Waals surface area (Å²) in [5.74, 6) is 2.11. The third-order valence-corrected chi connectivity index (χ3v) is 21.3. The van der Waals surface area contributed by atoms with Crippen LogP contribution in [0.1, 0.15) is 93.7 Å². The van der Waals surface area contributed by atoms with Gasteiger partial charge >= 0.3 is 0 Å². The van der Waals surface area contributed by atoms with Crippen LogP contribution < -0.4 is 30.2 Å². The van der Waals surface area contributed by atoms with Crippen LogP contribution >= 0.6 is 34.8 Å². The van der Waals surface area contributed by atoms with Crippen LogP contribution in [0.5, 0.6) is 17.2 Å². The summed E-state index contributed by atoms with van der Waals surface area (Å²) in [5, 5.41) is 15.0. The fraction of sp³-hybridized carbons (Fsp3) is 0.297. The molecular formula is C91H95Cl3F2N14O5. The number of ether oxygens (including phenoxy) is 3. The van der Waals surface area contributed by atoms with Gasteiger partial charge in [0.05, 0.1) is 50.7 Å². The summed E-state index contributed by atoms with van der Waals surface area (Å²) in [6, 6.07) is 42.2. The summed E-state index contributed by atoms with van der Waals surface area (Å²) >= 11 is 19.5. The zero-order valence-electron chi connectivity index (χ0n) is 65.0. The highest BCUT2D eigenvalue weighted by Gasteiger charge is 2.29. The SMILES string of the molecule is C=CC(=C)Cc1ccc(O[C@@H]2CCC[C@@H](Nc3ncc(Cl)c(-c4c[nH]c5ccccc45)n3)C2)c(F)c1.CN(C)C/C=C/C(=O)Cc1ccc(O[C@@H]2CCC[C@@H](Nc3ncc(Cl)c(-c4c[nH]c5ccccc45)n3)C2)c(F)c1.CN(C)C/C=C/C(=O)Cc1ccc(O[C@H]2CCC[C@@H](Nc3ncc(Cl)c(-c4c[nH]c5ccccc45)n3)C2)cc1. The van der Waals surface area contributed by atoms with E-state index in [2.05, 4.69) is 65.1 Å². The normalized spacial score (nSPS) is 17.6. The number of para-hydroxylation sites is 3.